The lowest BCUT2D eigenvalue weighted by atomic mass is 9.93. The van der Waals surface area contributed by atoms with E-state index in [0.29, 0.717) is 0 Å². The van der Waals surface area contributed by atoms with Crippen LogP contribution in [0.4, 0.5) is 0 Å². The normalized spacial score (nSPS) is 19.7. The molecular weight excluding hydrogens is 132 g/mol. The van der Waals surface area contributed by atoms with Crippen molar-refractivity contribution < 1.29 is 0 Å². The summed E-state index contributed by atoms with van der Waals surface area (Å²) in [5.74, 6) is 1.60. The molecule has 0 amide bonds. The Morgan fingerprint density at radius 1 is 1.45 bits per heavy atom. The summed E-state index contributed by atoms with van der Waals surface area (Å²) in [5, 5.41) is 0. The van der Waals surface area contributed by atoms with Gasteiger partial charge in [-0.2, -0.15) is 0 Å². The summed E-state index contributed by atoms with van der Waals surface area (Å²) >= 11 is 0. The SMILES string of the molecule is CC/C=C/C[C]1C=CCCC1. The number of hydrogen-bond donors (Lipinski definition) is 0. The van der Waals surface area contributed by atoms with Gasteiger partial charge in [0.05, 0.1) is 0 Å². The predicted octanol–water partition coefficient (Wildman–Crippen LogP) is 3.66. The van der Waals surface area contributed by atoms with Crippen molar-refractivity contribution in [2.75, 3.05) is 0 Å². The van der Waals surface area contributed by atoms with Crippen LogP contribution in [0.2, 0.25) is 0 Å². The molecule has 0 saturated heterocycles. The minimum Gasteiger partial charge on any atom is -0.0888 e. The molecule has 1 aliphatic carbocycles. The molecule has 1 aliphatic rings. The summed E-state index contributed by atoms with van der Waals surface area (Å²) in [6.07, 6.45) is 15.4. The van der Waals surface area contributed by atoms with Gasteiger partial charge in [0.15, 0.2) is 0 Å². The van der Waals surface area contributed by atoms with Crippen LogP contribution >= 0.6 is 0 Å². The van der Waals surface area contributed by atoms with E-state index in [1.165, 1.54) is 25.7 Å². The van der Waals surface area contributed by atoms with E-state index in [1.54, 1.807) is 5.92 Å². The number of allylic oxidation sites excluding steroid dienone is 4. The molecule has 0 saturated carbocycles. The van der Waals surface area contributed by atoms with Gasteiger partial charge in [-0.05, 0) is 32.1 Å². The van der Waals surface area contributed by atoms with Gasteiger partial charge in [0.25, 0.3) is 0 Å². The Hall–Kier alpha value is -0.520. The number of rotatable bonds is 3. The third-order valence-electron chi connectivity index (χ3n) is 2.00. The van der Waals surface area contributed by atoms with E-state index in [4.69, 9.17) is 0 Å². The van der Waals surface area contributed by atoms with E-state index in [9.17, 15) is 0 Å². The Morgan fingerprint density at radius 2 is 2.36 bits per heavy atom. The van der Waals surface area contributed by atoms with Crippen molar-refractivity contribution in [3.63, 3.8) is 0 Å². The summed E-state index contributed by atoms with van der Waals surface area (Å²) in [5.41, 5.74) is 0. The van der Waals surface area contributed by atoms with E-state index in [0.717, 1.165) is 6.42 Å². The van der Waals surface area contributed by atoms with Crippen LogP contribution < -0.4 is 0 Å². The fourth-order valence-corrected chi connectivity index (χ4v) is 1.35. The Kier molecular flexibility index (Phi) is 4.03. The monoisotopic (exact) mass is 149 g/mol. The minimum atomic E-state index is 1.16. The molecule has 0 atom stereocenters. The highest BCUT2D eigenvalue weighted by molar-refractivity contribution is 5.15. The van der Waals surface area contributed by atoms with Gasteiger partial charge in [-0.1, -0.05) is 31.2 Å². The van der Waals surface area contributed by atoms with Crippen LogP contribution in [0.3, 0.4) is 0 Å². The van der Waals surface area contributed by atoms with Gasteiger partial charge < -0.3 is 0 Å². The quantitative estimate of drug-likeness (QED) is 0.537. The Labute approximate surface area is 70.0 Å². The molecule has 1 rings (SSSR count). The van der Waals surface area contributed by atoms with Crippen LogP contribution in [0.5, 0.6) is 0 Å². The maximum absolute atomic E-state index is 2.30. The van der Waals surface area contributed by atoms with E-state index in [1.807, 2.05) is 0 Å². The third-order valence-corrected chi connectivity index (χ3v) is 2.00. The first-order valence-corrected chi connectivity index (χ1v) is 4.59. The van der Waals surface area contributed by atoms with Crippen LogP contribution in [0.15, 0.2) is 24.3 Å². The second-order valence-electron chi connectivity index (χ2n) is 3.04. The predicted molar refractivity (Wildman–Crippen MR) is 50.3 cm³/mol. The van der Waals surface area contributed by atoms with Gasteiger partial charge >= 0.3 is 0 Å². The zero-order valence-corrected chi connectivity index (χ0v) is 7.34. The largest absolute Gasteiger partial charge is 0.0888 e. The van der Waals surface area contributed by atoms with Crippen LogP contribution in [0.25, 0.3) is 0 Å². The topological polar surface area (TPSA) is 0 Å². The molecule has 0 aromatic heterocycles. The smallest absolute Gasteiger partial charge is 0.00102 e. The van der Waals surface area contributed by atoms with Gasteiger partial charge in [-0.3, -0.25) is 0 Å². The lowest BCUT2D eigenvalue weighted by molar-refractivity contribution is 0.732. The first-order chi connectivity index (χ1) is 5.43. The zero-order valence-electron chi connectivity index (χ0n) is 7.34. The molecule has 0 fully saturated rings. The van der Waals surface area contributed by atoms with Crippen molar-refractivity contribution in [3.05, 3.63) is 30.2 Å². The van der Waals surface area contributed by atoms with E-state index >= 15 is 0 Å². The average Bonchev–Trinajstić information content (AvgIpc) is 2.07. The Morgan fingerprint density at radius 3 is 3.00 bits per heavy atom. The van der Waals surface area contributed by atoms with E-state index < -0.39 is 0 Å². The van der Waals surface area contributed by atoms with Crippen LogP contribution in [0, 0.1) is 5.92 Å². The maximum atomic E-state index is 2.30. The highest BCUT2D eigenvalue weighted by atomic mass is 14.1. The van der Waals surface area contributed by atoms with Crippen molar-refractivity contribution >= 4 is 0 Å². The van der Waals surface area contributed by atoms with Crippen molar-refractivity contribution in [2.45, 2.75) is 39.0 Å². The van der Waals surface area contributed by atoms with Crippen LogP contribution in [0.1, 0.15) is 39.0 Å². The maximum Gasteiger partial charge on any atom is 0.00102 e. The van der Waals surface area contributed by atoms with Crippen molar-refractivity contribution in [1.82, 2.24) is 0 Å². The molecule has 0 aliphatic heterocycles. The highest BCUT2D eigenvalue weighted by Gasteiger charge is 2.05. The first kappa shape index (κ1) is 8.58. The molecule has 0 aromatic rings. The molecule has 0 bridgehead atoms. The summed E-state index contributed by atoms with van der Waals surface area (Å²) in [6, 6.07) is 0. The molecule has 0 N–H and O–H groups in total. The summed E-state index contributed by atoms with van der Waals surface area (Å²) in [6.45, 7) is 2.18. The zero-order chi connectivity index (χ0) is 7.94. The fraction of sp³-hybridized carbons (Fsp3) is 0.545. The minimum absolute atomic E-state index is 1.16. The molecule has 0 heterocycles. The first-order valence-electron chi connectivity index (χ1n) is 4.59. The summed E-state index contributed by atoms with van der Waals surface area (Å²) in [7, 11) is 0. The van der Waals surface area contributed by atoms with Crippen LogP contribution in [-0.2, 0) is 0 Å². The number of hydrogen-bond acceptors (Lipinski definition) is 0. The molecule has 0 heteroatoms. The Bertz CT molecular complexity index is 142. The van der Waals surface area contributed by atoms with E-state index in [-0.39, 0.29) is 0 Å². The highest BCUT2D eigenvalue weighted by Crippen LogP contribution is 2.22. The molecule has 0 aromatic carbocycles. The van der Waals surface area contributed by atoms with Gasteiger partial charge in [0.2, 0.25) is 0 Å². The van der Waals surface area contributed by atoms with Crippen LogP contribution in [-0.4, -0.2) is 0 Å². The lowest BCUT2D eigenvalue weighted by Crippen LogP contribution is -1.95. The van der Waals surface area contributed by atoms with E-state index in [2.05, 4.69) is 31.2 Å². The van der Waals surface area contributed by atoms with Gasteiger partial charge in [-0.15, -0.1) is 0 Å². The van der Waals surface area contributed by atoms with Crippen molar-refractivity contribution in [2.24, 2.45) is 0 Å². The second-order valence-corrected chi connectivity index (χ2v) is 3.04. The fourth-order valence-electron chi connectivity index (χ4n) is 1.35. The third kappa shape index (κ3) is 3.41. The van der Waals surface area contributed by atoms with Crippen molar-refractivity contribution in [3.8, 4) is 0 Å². The standard InChI is InChI=1S/C11H17/c1-2-3-5-8-11-9-6-4-7-10-11/h3,5-6,9H,2,4,7-8,10H2,1H3/b5-3+. The molecule has 0 spiro atoms. The molecule has 61 valence electrons. The van der Waals surface area contributed by atoms with Gasteiger partial charge in [0.1, 0.15) is 0 Å². The summed E-state index contributed by atoms with van der Waals surface area (Å²) in [4.78, 5) is 0. The average molecular weight is 149 g/mol. The van der Waals surface area contributed by atoms with Crippen molar-refractivity contribution in [1.29, 1.82) is 0 Å². The molecule has 1 radical (unpaired) electrons. The molecule has 0 nitrogen and oxygen atoms in total. The summed E-state index contributed by atoms with van der Waals surface area (Å²) < 4.78 is 0. The van der Waals surface area contributed by atoms with Gasteiger partial charge in [-0.25, -0.2) is 0 Å². The molecule has 11 heavy (non-hydrogen) atoms. The molecular formula is C11H17. The lowest BCUT2D eigenvalue weighted by Gasteiger charge is -2.12. The molecule has 0 unspecified atom stereocenters. The second kappa shape index (κ2) is 5.17. The van der Waals surface area contributed by atoms with Gasteiger partial charge in [0, 0.05) is 5.92 Å². The Balaban J connectivity index is 2.19.